The Morgan fingerprint density at radius 3 is 2.61 bits per heavy atom. The van der Waals surface area contributed by atoms with Crippen LogP contribution in [0.1, 0.15) is 36.3 Å². The number of alkyl halides is 1. The van der Waals surface area contributed by atoms with Crippen LogP contribution in [0.3, 0.4) is 0 Å². The highest BCUT2D eigenvalue weighted by atomic mass is 32.1. The fourth-order valence-electron chi connectivity index (χ4n) is 1.08. The van der Waals surface area contributed by atoms with Gasteiger partial charge in [-0.1, -0.05) is 20.8 Å². The summed E-state index contributed by atoms with van der Waals surface area (Å²) < 4.78 is 12.8. The predicted octanol–water partition coefficient (Wildman–Crippen LogP) is 1.59. The van der Waals surface area contributed by atoms with Crippen molar-refractivity contribution in [2.24, 2.45) is 0 Å². The second-order valence-corrected chi connectivity index (χ2v) is 5.66. The van der Waals surface area contributed by atoms with Crippen LogP contribution >= 0.6 is 11.3 Å². The van der Waals surface area contributed by atoms with Crippen molar-refractivity contribution in [1.82, 2.24) is 10.3 Å². The van der Waals surface area contributed by atoms with E-state index in [4.69, 9.17) is 5.11 Å². The van der Waals surface area contributed by atoms with Gasteiger partial charge in [-0.05, 0) is 0 Å². The Hall–Kier alpha value is -1.50. The van der Waals surface area contributed by atoms with Crippen LogP contribution in [0.25, 0.3) is 0 Å². The Morgan fingerprint density at radius 2 is 2.17 bits per heavy atom. The quantitative estimate of drug-likeness (QED) is 0.874. The van der Waals surface area contributed by atoms with Crippen molar-refractivity contribution >= 4 is 23.2 Å². The summed E-state index contributed by atoms with van der Waals surface area (Å²) in [5, 5.41) is 12.9. The lowest BCUT2D eigenvalue weighted by molar-refractivity contribution is -0.142. The van der Waals surface area contributed by atoms with Gasteiger partial charge in [0, 0.05) is 10.8 Å². The minimum absolute atomic E-state index is 0.160. The Bertz CT molecular complexity index is 453. The molecule has 0 radical (unpaired) electrons. The molecule has 0 unspecified atom stereocenters. The molecule has 0 spiro atoms. The third kappa shape index (κ3) is 3.76. The fraction of sp³-hybridized carbons (Fsp3) is 0.545. The third-order valence-electron chi connectivity index (χ3n) is 2.09. The lowest BCUT2D eigenvalue weighted by Crippen LogP contribution is -2.34. The molecule has 1 amide bonds. The molecule has 2 N–H and O–H groups in total. The highest BCUT2D eigenvalue weighted by Crippen LogP contribution is 2.25. The van der Waals surface area contributed by atoms with Gasteiger partial charge in [0.05, 0.1) is 11.6 Å². The molecule has 1 heterocycles. The zero-order chi connectivity index (χ0) is 13.9. The molecule has 0 fully saturated rings. The molecular weight excluding hydrogens is 259 g/mol. The molecule has 0 saturated heterocycles. The number of carboxylic acid groups (broad SMARTS) is 1. The molecule has 7 heteroatoms. The number of rotatable bonds is 4. The van der Waals surface area contributed by atoms with E-state index in [0.29, 0.717) is 0 Å². The predicted molar refractivity (Wildman–Crippen MR) is 65.7 cm³/mol. The van der Waals surface area contributed by atoms with Gasteiger partial charge >= 0.3 is 5.97 Å². The number of halogens is 1. The van der Waals surface area contributed by atoms with E-state index in [-0.39, 0.29) is 11.1 Å². The van der Waals surface area contributed by atoms with Crippen molar-refractivity contribution in [2.45, 2.75) is 32.4 Å². The monoisotopic (exact) mass is 274 g/mol. The molecular formula is C11H15FN2O3S. The summed E-state index contributed by atoms with van der Waals surface area (Å²) in [6, 6.07) is 0. The summed E-state index contributed by atoms with van der Waals surface area (Å²) in [4.78, 5) is 26.0. The molecule has 1 aromatic heterocycles. The number of carboxylic acids is 1. The molecule has 0 bridgehead atoms. The summed E-state index contributed by atoms with van der Waals surface area (Å²) in [5.74, 6) is -2.16. The fourth-order valence-corrected chi connectivity index (χ4v) is 1.97. The van der Waals surface area contributed by atoms with E-state index >= 15 is 0 Å². The van der Waals surface area contributed by atoms with E-state index in [1.165, 1.54) is 11.3 Å². The summed E-state index contributed by atoms with van der Waals surface area (Å²) in [6.07, 6.45) is -2.10. The summed E-state index contributed by atoms with van der Waals surface area (Å²) in [7, 11) is 0. The molecule has 0 aromatic carbocycles. The van der Waals surface area contributed by atoms with E-state index in [1.807, 2.05) is 20.8 Å². The number of aromatic nitrogens is 1. The molecule has 18 heavy (non-hydrogen) atoms. The molecule has 1 rings (SSSR count). The Kier molecular flexibility index (Phi) is 4.39. The first kappa shape index (κ1) is 14.6. The van der Waals surface area contributed by atoms with E-state index in [2.05, 4.69) is 10.3 Å². The van der Waals surface area contributed by atoms with Crippen molar-refractivity contribution in [3.05, 3.63) is 16.1 Å². The smallest absolute Gasteiger partial charge is 0.340 e. The van der Waals surface area contributed by atoms with Crippen LogP contribution in [0.2, 0.25) is 0 Å². The number of aliphatic carboxylic acids is 1. The Morgan fingerprint density at radius 1 is 1.56 bits per heavy atom. The maximum absolute atomic E-state index is 12.8. The van der Waals surface area contributed by atoms with Gasteiger partial charge in [0.25, 0.3) is 5.91 Å². The van der Waals surface area contributed by atoms with Crippen LogP contribution in [-0.2, 0) is 10.2 Å². The molecule has 0 saturated carbocycles. The van der Waals surface area contributed by atoms with E-state index in [0.717, 1.165) is 5.01 Å². The van der Waals surface area contributed by atoms with Gasteiger partial charge in [0.15, 0.2) is 0 Å². The first-order valence-corrected chi connectivity index (χ1v) is 6.21. The number of carbonyl (C=O) groups excluding carboxylic acids is 1. The number of amides is 1. The number of hydrogen-bond acceptors (Lipinski definition) is 4. The standard InChI is InChI=1S/C11H15FN2O3S/c1-11(2,3)10-14-7(5-18-10)8(15)13-4-6(12)9(16)17/h5-6H,4H2,1-3H3,(H,13,15)(H,16,17)/t6-/m0/s1. The summed E-state index contributed by atoms with van der Waals surface area (Å²) in [5.41, 5.74) is 0.0230. The van der Waals surface area contributed by atoms with Gasteiger partial charge < -0.3 is 10.4 Å². The molecule has 1 aromatic rings. The lowest BCUT2D eigenvalue weighted by atomic mass is 9.98. The summed E-state index contributed by atoms with van der Waals surface area (Å²) in [6.45, 7) is 5.34. The van der Waals surface area contributed by atoms with Gasteiger partial charge in [-0.2, -0.15) is 0 Å². The highest BCUT2D eigenvalue weighted by Gasteiger charge is 2.21. The number of nitrogens with zero attached hydrogens (tertiary/aromatic N) is 1. The normalized spacial score (nSPS) is 13.1. The van der Waals surface area contributed by atoms with Crippen LogP contribution in [0.5, 0.6) is 0 Å². The first-order valence-electron chi connectivity index (χ1n) is 5.33. The van der Waals surface area contributed by atoms with Crippen LogP contribution in [-0.4, -0.2) is 34.7 Å². The van der Waals surface area contributed by atoms with Gasteiger partial charge in [0.1, 0.15) is 5.69 Å². The zero-order valence-corrected chi connectivity index (χ0v) is 11.2. The number of hydrogen-bond donors (Lipinski definition) is 2. The van der Waals surface area contributed by atoms with Crippen molar-refractivity contribution in [3.8, 4) is 0 Å². The minimum Gasteiger partial charge on any atom is -0.479 e. The molecule has 5 nitrogen and oxygen atoms in total. The maximum atomic E-state index is 12.8. The van der Waals surface area contributed by atoms with Crippen molar-refractivity contribution < 1.29 is 19.1 Å². The zero-order valence-electron chi connectivity index (χ0n) is 10.4. The first-order chi connectivity index (χ1) is 8.21. The largest absolute Gasteiger partial charge is 0.479 e. The van der Waals surface area contributed by atoms with E-state index in [9.17, 15) is 14.0 Å². The maximum Gasteiger partial charge on any atom is 0.340 e. The van der Waals surface area contributed by atoms with Crippen LogP contribution in [0.15, 0.2) is 5.38 Å². The van der Waals surface area contributed by atoms with Crippen molar-refractivity contribution in [2.75, 3.05) is 6.54 Å². The third-order valence-corrected chi connectivity index (χ3v) is 3.36. The van der Waals surface area contributed by atoms with Gasteiger partial charge in [-0.3, -0.25) is 4.79 Å². The van der Waals surface area contributed by atoms with Gasteiger partial charge in [-0.25, -0.2) is 14.2 Å². The van der Waals surface area contributed by atoms with Crippen molar-refractivity contribution in [3.63, 3.8) is 0 Å². The minimum atomic E-state index is -2.10. The van der Waals surface area contributed by atoms with Crippen LogP contribution < -0.4 is 5.32 Å². The Balaban J connectivity index is 2.63. The molecule has 0 aliphatic heterocycles. The Labute approximate surface area is 108 Å². The molecule has 100 valence electrons. The number of carbonyl (C=O) groups is 2. The number of nitrogens with one attached hydrogen (secondary N) is 1. The second kappa shape index (κ2) is 5.43. The van der Waals surface area contributed by atoms with Gasteiger partial charge in [0.2, 0.25) is 6.17 Å². The second-order valence-electron chi connectivity index (χ2n) is 4.80. The van der Waals surface area contributed by atoms with Gasteiger partial charge in [-0.15, -0.1) is 11.3 Å². The van der Waals surface area contributed by atoms with E-state index < -0.39 is 24.6 Å². The van der Waals surface area contributed by atoms with Crippen molar-refractivity contribution in [1.29, 1.82) is 0 Å². The summed E-state index contributed by atoms with van der Waals surface area (Å²) >= 11 is 1.34. The highest BCUT2D eigenvalue weighted by molar-refractivity contribution is 7.10. The number of thiazole rings is 1. The average molecular weight is 274 g/mol. The average Bonchev–Trinajstić information content (AvgIpc) is 2.73. The SMILES string of the molecule is CC(C)(C)c1nc(C(=O)NC[C@H](F)C(=O)O)cs1. The lowest BCUT2D eigenvalue weighted by Gasteiger charge is -2.13. The topological polar surface area (TPSA) is 79.3 Å². The van der Waals surface area contributed by atoms with Crippen LogP contribution in [0.4, 0.5) is 4.39 Å². The molecule has 1 atom stereocenters. The van der Waals surface area contributed by atoms with E-state index in [1.54, 1.807) is 5.38 Å². The molecule has 0 aliphatic rings. The van der Waals surface area contributed by atoms with Crippen LogP contribution in [0, 0.1) is 0 Å². The molecule has 0 aliphatic carbocycles.